The molecule has 0 aromatic heterocycles. The molecule has 0 spiro atoms. The lowest BCUT2D eigenvalue weighted by Gasteiger charge is -2.10. The lowest BCUT2D eigenvalue weighted by Crippen LogP contribution is -2.14. The predicted molar refractivity (Wildman–Crippen MR) is 50.5 cm³/mol. The molecule has 1 N–H and O–H groups in total. The number of nitrogens with one attached hydrogen (secondary N) is 1. The van der Waals surface area contributed by atoms with Gasteiger partial charge in [-0.25, -0.2) is 4.39 Å². The van der Waals surface area contributed by atoms with Gasteiger partial charge in [-0.3, -0.25) is 10.1 Å². The van der Waals surface area contributed by atoms with Gasteiger partial charge in [-0.2, -0.15) is 0 Å². The van der Waals surface area contributed by atoms with Crippen LogP contribution in [0.4, 0.5) is 10.1 Å². The quantitative estimate of drug-likeness (QED) is 0.597. The highest BCUT2D eigenvalue weighted by Crippen LogP contribution is 2.25. The van der Waals surface area contributed by atoms with E-state index in [0.717, 1.165) is 6.07 Å². The molecule has 0 aliphatic rings. The smallest absolute Gasteiger partial charge is 0.274 e. The van der Waals surface area contributed by atoms with Crippen molar-refractivity contribution in [2.75, 3.05) is 7.05 Å². The largest absolute Gasteiger partial charge is 0.313 e. The van der Waals surface area contributed by atoms with Crippen molar-refractivity contribution >= 4 is 5.69 Å². The Bertz CT molecular complexity index is 355. The van der Waals surface area contributed by atoms with Crippen LogP contribution in [0.15, 0.2) is 18.2 Å². The molecule has 1 aromatic rings. The van der Waals surface area contributed by atoms with Crippen LogP contribution in [-0.2, 0) is 0 Å². The van der Waals surface area contributed by atoms with Crippen molar-refractivity contribution in [3.63, 3.8) is 0 Å². The summed E-state index contributed by atoms with van der Waals surface area (Å²) in [5.41, 5.74) is 0.297. The van der Waals surface area contributed by atoms with Crippen LogP contribution in [0.25, 0.3) is 0 Å². The maximum absolute atomic E-state index is 12.9. The van der Waals surface area contributed by atoms with Crippen LogP contribution < -0.4 is 5.32 Å². The Kier molecular flexibility index (Phi) is 3.14. The van der Waals surface area contributed by atoms with Crippen molar-refractivity contribution in [3.05, 3.63) is 39.7 Å². The Morgan fingerprint density at radius 2 is 2.21 bits per heavy atom. The van der Waals surface area contributed by atoms with Gasteiger partial charge >= 0.3 is 0 Å². The van der Waals surface area contributed by atoms with E-state index in [0.29, 0.717) is 5.56 Å². The van der Waals surface area contributed by atoms with E-state index < -0.39 is 10.7 Å². The Balaban J connectivity index is 3.22. The molecule has 1 rings (SSSR count). The second kappa shape index (κ2) is 4.15. The first-order chi connectivity index (χ1) is 6.56. The molecule has 1 atom stereocenters. The number of nitro benzene ring substituents is 1. The summed E-state index contributed by atoms with van der Waals surface area (Å²) in [5, 5.41) is 13.4. The number of rotatable bonds is 3. The Morgan fingerprint density at radius 3 is 2.71 bits per heavy atom. The van der Waals surface area contributed by atoms with Gasteiger partial charge in [-0.15, -0.1) is 0 Å². The molecular weight excluding hydrogens is 187 g/mol. The summed E-state index contributed by atoms with van der Waals surface area (Å²) in [7, 11) is 1.67. The zero-order valence-electron chi connectivity index (χ0n) is 7.95. The fourth-order valence-electron chi connectivity index (χ4n) is 1.19. The molecule has 0 fully saturated rings. The highest BCUT2D eigenvalue weighted by molar-refractivity contribution is 5.42. The minimum Gasteiger partial charge on any atom is -0.313 e. The van der Waals surface area contributed by atoms with Crippen LogP contribution in [0, 0.1) is 15.9 Å². The van der Waals surface area contributed by atoms with Gasteiger partial charge in [-0.1, -0.05) is 0 Å². The van der Waals surface area contributed by atoms with E-state index in [4.69, 9.17) is 0 Å². The highest BCUT2D eigenvalue weighted by Gasteiger charge is 2.18. The molecule has 0 heterocycles. The summed E-state index contributed by atoms with van der Waals surface area (Å²) in [6, 6.07) is 3.20. The van der Waals surface area contributed by atoms with E-state index in [1.54, 1.807) is 14.0 Å². The Hall–Kier alpha value is -1.49. The molecule has 0 amide bonds. The molecular formula is C9H11FN2O2. The first-order valence-electron chi connectivity index (χ1n) is 4.17. The van der Waals surface area contributed by atoms with E-state index in [9.17, 15) is 14.5 Å². The maximum atomic E-state index is 12.9. The third-order valence-electron chi connectivity index (χ3n) is 2.09. The van der Waals surface area contributed by atoms with E-state index >= 15 is 0 Å². The molecule has 76 valence electrons. The number of nitro groups is 1. The number of nitrogens with zero attached hydrogens (tertiary/aromatic N) is 1. The molecule has 14 heavy (non-hydrogen) atoms. The molecule has 0 bridgehead atoms. The molecule has 0 radical (unpaired) electrons. The summed E-state index contributed by atoms with van der Waals surface area (Å²) >= 11 is 0. The number of hydrogen-bond acceptors (Lipinski definition) is 3. The van der Waals surface area contributed by atoms with Crippen LogP contribution in [0.2, 0.25) is 0 Å². The summed E-state index contributed by atoms with van der Waals surface area (Å²) in [6.07, 6.45) is 0. The summed E-state index contributed by atoms with van der Waals surface area (Å²) in [4.78, 5) is 10.1. The topological polar surface area (TPSA) is 55.2 Å². The average molecular weight is 198 g/mol. The minimum atomic E-state index is -0.511. The lowest BCUT2D eigenvalue weighted by atomic mass is 10.1. The van der Waals surface area contributed by atoms with Gasteiger partial charge in [0.2, 0.25) is 0 Å². The van der Waals surface area contributed by atoms with Gasteiger partial charge in [0.1, 0.15) is 5.82 Å². The van der Waals surface area contributed by atoms with Gasteiger partial charge < -0.3 is 5.32 Å². The van der Waals surface area contributed by atoms with Crippen molar-refractivity contribution in [3.8, 4) is 0 Å². The van der Waals surface area contributed by atoms with Gasteiger partial charge in [0.05, 0.1) is 4.92 Å². The molecule has 0 aliphatic carbocycles. The van der Waals surface area contributed by atoms with Gasteiger partial charge in [0.25, 0.3) is 5.69 Å². The van der Waals surface area contributed by atoms with Crippen molar-refractivity contribution in [2.45, 2.75) is 13.0 Å². The van der Waals surface area contributed by atoms with Gasteiger partial charge in [0.15, 0.2) is 0 Å². The number of halogens is 1. The summed E-state index contributed by atoms with van der Waals surface area (Å²) in [6.45, 7) is 1.74. The van der Waals surface area contributed by atoms with Gasteiger partial charge in [-0.05, 0) is 26.1 Å². The average Bonchev–Trinajstić information content (AvgIpc) is 2.16. The molecule has 4 nitrogen and oxygen atoms in total. The van der Waals surface area contributed by atoms with Crippen molar-refractivity contribution in [1.29, 1.82) is 0 Å². The normalized spacial score (nSPS) is 12.5. The lowest BCUT2D eigenvalue weighted by molar-refractivity contribution is -0.385. The second-order valence-corrected chi connectivity index (χ2v) is 2.97. The molecule has 0 aliphatic heterocycles. The first-order valence-corrected chi connectivity index (χ1v) is 4.17. The third-order valence-corrected chi connectivity index (χ3v) is 2.09. The standard InChI is InChI=1S/C9H11FN2O2/c1-6(11-2)8-5-7(10)3-4-9(8)12(13)14/h3-6,11H,1-2H3/t6-/m0/s1. The third kappa shape index (κ3) is 2.05. The SMILES string of the molecule is CN[C@@H](C)c1cc(F)ccc1[N+](=O)[O-]. The molecule has 0 unspecified atom stereocenters. The number of benzene rings is 1. The van der Waals surface area contributed by atoms with E-state index in [1.807, 2.05) is 0 Å². The second-order valence-electron chi connectivity index (χ2n) is 2.97. The van der Waals surface area contributed by atoms with E-state index in [2.05, 4.69) is 5.32 Å². The Labute approximate surface area is 80.9 Å². The summed E-state index contributed by atoms with van der Waals surface area (Å²) < 4.78 is 12.9. The highest BCUT2D eigenvalue weighted by atomic mass is 19.1. The van der Waals surface area contributed by atoms with Crippen LogP contribution in [0.1, 0.15) is 18.5 Å². The molecule has 0 saturated heterocycles. The fraction of sp³-hybridized carbons (Fsp3) is 0.333. The predicted octanol–water partition coefficient (Wildman–Crippen LogP) is 2.01. The van der Waals surface area contributed by atoms with Crippen molar-refractivity contribution in [2.24, 2.45) is 0 Å². The van der Waals surface area contributed by atoms with E-state index in [-0.39, 0.29) is 11.7 Å². The number of hydrogen-bond donors (Lipinski definition) is 1. The van der Waals surface area contributed by atoms with Crippen LogP contribution >= 0.6 is 0 Å². The van der Waals surface area contributed by atoms with Crippen molar-refractivity contribution in [1.82, 2.24) is 5.32 Å². The van der Waals surface area contributed by atoms with Gasteiger partial charge in [0, 0.05) is 17.7 Å². The molecule has 5 heteroatoms. The first kappa shape index (κ1) is 10.6. The summed E-state index contributed by atoms with van der Waals surface area (Å²) in [5.74, 6) is -0.465. The van der Waals surface area contributed by atoms with Crippen LogP contribution in [0.3, 0.4) is 0 Å². The fourth-order valence-corrected chi connectivity index (χ4v) is 1.19. The minimum absolute atomic E-state index is 0.0618. The van der Waals surface area contributed by atoms with Crippen LogP contribution in [-0.4, -0.2) is 12.0 Å². The molecule has 1 aromatic carbocycles. The Morgan fingerprint density at radius 1 is 1.57 bits per heavy atom. The maximum Gasteiger partial charge on any atom is 0.274 e. The zero-order chi connectivity index (χ0) is 10.7. The van der Waals surface area contributed by atoms with Crippen LogP contribution in [0.5, 0.6) is 0 Å². The zero-order valence-corrected chi connectivity index (χ0v) is 7.95. The monoisotopic (exact) mass is 198 g/mol. The van der Waals surface area contributed by atoms with E-state index in [1.165, 1.54) is 12.1 Å². The molecule has 0 saturated carbocycles. The van der Waals surface area contributed by atoms with Crippen molar-refractivity contribution < 1.29 is 9.31 Å².